The molecule has 18 heavy (non-hydrogen) atoms. The number of nitrogens with zero attached hydrogens (tertiary/aromatic N) is 1. The van der Waals surface area contributed by atoms with Gasteiger partial charge in [0.1, 0.15) is 5.82 Å². The Balaban J connectivity index is 1.80. The molecule has 1 heterocycles. The lowest BCUT2D eigenvalue weighted by Crippen LogP contribution is -2.17. The summed E-state index contributed by atoms with van der Waals surface area (Å²) in [5, 5.41) is 3.83. The van der Waals surface area contributed by atoms with Crippen LogP contribution >= 0.6 is 11.6 Å². The summed E-state index contributed by atoms with van der Waals surface area (Å²) < 4.78 is 13.0. The first-order valence-electron chi connectivity index (χ1n) is 5.79. The number of pyridine rings is 1. The molecule has 0 saturated carbocycles. The smallest absolute Gasteiger partial charge is 0.123 e. The van der Waals surface area contributed by atoms with E-state index < -0.39 is 0 Å². The molecule has 0 saturated heterocycles. The number of aromatic nitrogens is 1. The molecule has 0 amide bonds. The Bertz CT molecular complexity index is 502. The van der Waals surface area contributed by atoms with Crippen LogP contribution in [0.1, 0.15) is 11.1 Å². The van der Waals surface area contributed by atoms with E-state index in [1.807, 2.05) is 18.3 Å². The molecule has 0 unspecified atom stereocenters. The van der Waals surface area contributed by atoms with Gasteiger partial charge in [0.05, 0.1) is 0 Å². The highest BCUT2D eigenvalue weighted by Crippen LogP contribution is 2.16. The summed E-state index contributed by atoms with van der Waals surface area (Å²) in [6, 6.07) is 8.35. The van der Waals surface area contributed by atoms with Gasteiger partial charge in [0.15, 0.2) is 0 Å². The van der Waals surface area contributed by atoms with Gasteiger partial charge in [-0.1, -0.05) is 17.7 Å². The topological polar surface area (TPSA) is 24.9 Å². The Morgan fingerprint density at radius 1 is 1.28 bits per heavy atom. The van der Waals surface area contributed by atoms with Crippen LogP contribution in [0.5, 0.6) is 0 Å². The molecule has 2 nitrogen and oxygen atoms in total. The fourth-order valence-electron chi connectivity index (χ4n) is 1.68. The third-order valence-electron chi connectivity index (χ3n) is 2.64. The first-order chi connectivity index (χ1) is 8.75. The van der Waals surface area contributed by atoms with Crippen molar-refractivity contribution in [1.29, 1.82) is 0 Å². The normalized spacial score (nSPS) is 10.6. The van der Waals surface area contributed by atoms with Crippen LogP contribution in [0.25, 0.3) is 0 Å². The van der Waals surface area contributed by atoms with E-state index in [0.29, 0.717) is 11.6 Å². The van der Waals surface area contributed by atoms with Crippen molar-refractivity contribution in [2.45, 2.75) is 13.0 Å². The molecule has 0 spiro atoms. The van der Waals surface area contributed by atoms with Crippen molar-refractivity contribution < 1.29 is 4.39 Å². The van der Waals surface area contributed by atoms with E-state index in [2.05, 4.69) is 10.3 Å². The van der Waals surface area contributed by atoms with Crippen molar-refractivity contribution >= 4 is 11.6 Å². The number of rotatable bonds is 5. The van der Waals surface area contributed by atoms with E-state index in [4.69, 9.17) is 11.6 Å². The standard InChI is InChI=1S/C14H14ClFN2/c15-14-4-3-13(16)8-12(14)10-18-7-5-11-2-1-6-17-9-11/h1-4,6,8-9,18H,5,7,10H2. The summed E-state index contributed by atoms with van der Waals surface area (Å²) in [6.45, 7) is 1.37. The van der Waals surface area contributed by atoms with E-state index in [0.717, 1.165) is 18.5 Å². The van der Waals surface area contributed by atoms with Gasteiger partial charge in [-0.15, -0.1) is 0 Å². The lowest BCUT2D eigenvalue weighted by molar-refractivity contribution is 0.620. The van der Waals surface area contributed by atoms with Gasteiger partial charge in [-0.05, 0) is 48.4 Å². The fraction of sp³-hybridized carbons (Fsp3) is 0.214. The molecule has 94 valence electrons. The molecule has 2 rings (SSSR count). The second kappa shape index (κ2) is 6.47. The van der Waals surface area contributed by atoms with E-state index in [1.54, 1.807) is 12.3 Å². The molecule has 1 aromatic heterocycles. The monoisotopic (exact) mass is 264 g/mol. The van der Waals surface area contributed by atoms with Gasteiger partial charge in [-0.2, -0.15) is 0 Å². The summed E-state index contributed by atoms with van der Waals surface area (Å²) in [6.07, 6.45) is 4.49. The molecule has 0 aliphatic heterocycles. The molecule has 0 atom stereocenters. The second-order valence-corrected chi connectivity index (χ2v) is 4.43. The Kier molecular flexibility index (Phi) is 4.67. The molecule has 0 aliphatic carbocycles. The van der Waals surface area contributed by atoms with Gasteiger partial charge in [0.25, 0.3) is 0 Å². The Hall–Kier alpha value is -1.45. The van der Waals surface area contributed by atoms with Crippen LogP contribution in [0.2, 0.25) is 5.02 Å². The van der Waals surface area contributed by atoms with Crippen LogP contribution in [0.3, 0.4) is 0 Å². The molecule has 0 bridgehead atoms. The Labute approximate surface area is 111 Å². The molecule has 0 aliphatic rings. The van der Waals surface area contributed by atoms with Crippen LogP contribution in [0.15, 0.2) is 42.7 Å². The minimum absolute atomic E-state index is 0.261. The average Bonchev–Trinajstić information content (AvgIpc) is 2.40. The van der Waals surface area contributed by atoms with Crippen molar-refractivity contribution in [1.82, 2.24) is 10.3 Å². The third-order valence-corrected chi connectivity index (χ3v) is 3.01. The van der Waals surface area contributed by atoms with Crippen LogP contribution in [-0.4, -0.2) is 11.5 Å². The van der Waals surface area contributed by atoms with Crippen molar-refractivity contribution in [3.8, 4) is 0 Å². The first-order valence-corrected chi connectivity index (χ1v) is 6.17. The average molecular weight is 265 g/mol. The maximum atomic E-state index is 13.0. The number of benzene rings is 1. The predicted molar refractivity (Wildman–Crippen MR) is 71.1 cm³/mol. The van der Waals surface area contributed by atoms with Crippen molar-refractivity contribution in [2.75, 3.05) is 6.54 Å². The first kappa shape index (κ1) is 13.0. The van der Waals surface area contributed by atoms with Gasteiger partial charge in [-0.3, -0.25) is 4.98 Å². The van der Waals surface area contributed by atoms with Crippen LogP contribution in [0, 0.1) is 5.82 Å². The molecule has 0 fully saturated rings. The number of hydrogen-bond donors (Lipinski definition) is 1. The zero-order chi connectivity index (χ0) is 12.8. The van der Waals surface area contributed by atoms with Gasteiger partial charge in [0.2, 0.25) is 0 Å². The van der Waals surface area contributed by atoms with E-state index in [-0.39, 0.29) is 5.82 Å². The Morgan fingerprint density at radius 2 is 2.17 bits per heavy atom. The van der Waals surface area contributed by atoms with Crippen LogP contribution in [0.4, 0.5) is 4.39 Å². The lowest BCUT2D eigenvalue weighted by Gasteiger charge is -2.07. The van der Waals surface area contributed by atoms with Gasteiger partial charge < -0.3 is 5.32 Å². The lowest BCUT2D eigenvalue weighted by atomic mass is 10.2. The minimum Gasteiger partial charge on any atom is -0.312 e. The Morgan fingerprint density at radius 3 is 2.94 bits per heavy atom. The summed E-state index contributed by atoms with van der Waals surface area (Å²) in [4.78, 5) is 4.05. The molecule has 0 radical (unpaired) electrons. The van der Waals surface area contributed by atoms with E-state index in [9.17, 15) is 4.39 Å². The summed E-state index contributed by atoms with van der Waals surface area (Å²) in [5.74, 6) is -0.261. The van der Waals surface area contributed by atoms with Gasteiger partial charge in [0, 0.05) is 24.0 Å². The van der Waals surface area contributed by atoms with Crippen molar-refractivity contribution in [2.24, 2.45) is 0 Å². The van der Waals surface area contributed by atoms with Crippen molar-refractivity contribution in [3.63, 3.8) is 0 Å². The maximum absolute atomic E-state index is 13.0. The third kappa shape index (κ3) is 3.79. The van der Waals surface area contributed by atoms with E-state index >= 15 is 0 Å². The van der Waals surface area contributed by atoms with Crippen molar-refractivity contribution in [3.05, 3.63) is 64.7 Å². The second-order valence-electron chi connectivity index (χ2n) is 4.02. The number of halogens is 2. The predicted octanol–water partition coefficient (Wildman–Crippen LogP) is 3.21. The molecular formula is C14H14ClFN2. The highest BCUT2D eigenvalue weighted by atomic mass is 35.5. The molecular weight excluding hydrogens is 251 g/mol. The SMILES string of the molecule is Fc1ccc(Cl)c(CNCCc2cccnc2)c1. The number of nitrogens with one attached hydrogen (secondary N) is 1. The summed E-state index contributed by atoms with van der Waals surface area (Å²) in [7, 11) is 0. The summed E-state index contributed by atoms with van der Waals surface area (Å²) >= 11 is 5.98. The molecule has 4 heteroatoms. The zero-order valence-electron chi connectivity index (χ0n) is 9.87. The van der Waals surface area contributed by atoms with E-state index in [1.165, 1.54) is 17.7 Å². The quantitative estimate of drug-likeness (QED) is 0.839. The molecule has 1 aromatic carbocycles. The zero-order valence-corrected chi connectivity index (χ0v) is 10.6. The largest absolute Gasteiger partial charge is 0.312 e. The van der Waals surface area contributed by atoms with Crippen LogP contribution < -0.4 is 5.32 Å². The van der Waals surface area contributed by atoms with Gasteiger partial charge in [-0.25, -0.2) is 4.39 Å². The fourth-order valence-corrected chi connectivity index (χ4v) is 1.86. The summed E-state index contributed by atoms with van der Waals surface area (Å²) in [5.41, 5.74) is 1.96. The highest BCUT2D eigenvalue weighted by Gasteiger charge is 2.01. The minimum atomic E-state index is -0.261. The van der Waals surface area contributed by atoms with Gasteiger partial charge >= 0.3 is 0 Å². The van der Waals surface area contributed by atoms with Crippen LogP contribution in [-0.2, 0) is 13.0 Å². The number of hydrogen-bond acceptors (Lipinski definition) is 2. The molecule has 1 N–H and O–H groups in total. The molecule has 2 aromatic rings. The highest BCUT2D eigenvalue weighted by molar-refractivity contribution is 6.31. The maximum Gasteiger partial charge on any atom is 0.123 e.